The van der Waals surface area contributed by atoms with Gasteiger partial charge in [-0.05, 0) is 53.8 Å². The Hall–Kier alpha value is -3.78. The fraction of sp³-hybridized carbons (Fsp3) is 0.161. The number of ether oxygens (including phenoxy) is 1. The molecular weight excluding hydrogens is 402 g/mol. The normalized spacial score (nSPS) is 13.1. The van der Waals surface area contributed by atoms with Crippen LogP contribution in [-0.2, 0) is 13.1 Å². The first kappa shape index (κ1) is 21.1. The molecule has 0 aliphatic carbocycles. The maximum absolute atomic E-state index is 5.61. The summed E-state index contributed by atoms with van der Waals surface area (Å²) in [5.41, 5.74) is 11.5. The Morgan fingerprint density at radius 2 is 1.55 bits per heavy atom. The molecule has 0 fully saturated rings. The van der Waals surface area contributed by atoms with Crippen LogP contribution in [0.4, 0.5) is 0 Å². The number of nitrogens with zero attached hydrogens (tertiary/aromatic N) is 1. The molecule has 2 heteroatoms. The smallest absolute Gasteiger partial charge is 0.119 e. The highest BCUT2D eigenvalue weighted by molar-refractivity contribution is 6.00. The fourth-order valence-electron chi connectivity index (χ4n) is 4.78. The summed E-state index contributed by atoms with van der Waals surface area (Å²) in [7, 11) is 1.73. The third-order valence-corrected chi connectivity index (χ3v) is 6.42. The lowest BCUT2D eigenvalue weighted by molar-refractivity contribution is 0.380. The van der Waals surface area contributed by atoms with Crippen LogP contribution in [0.2, 0.25) is 0 Å². The van der Waals surface area contributed by atoms with Crippen LogP contribution in [-0.4, -0.2) is 12.0 Å². The largest absolute Gasteiger partial charge is 0.497 e. The zero-order valence-corrected chi connectivity index (χ0v) is 19.5. The Kier molecular flexibility index (Phi) is 5.75. The zero-order valence-electron chi connectivity index (χ0n) is 19.5. The molecule has 0 saturated heterocycles. The van der Waals surface area contributed by atoms with Gasteiger partial charge in [0.25, 0.3) is 0 Å². The van der Waals surface area contributed by atoms with Crippen LogP contribution in [0.5, 0.6) is 5.75 Å². The summed E-state index contributed by atoms with van der Waals surface area (Å²) in [6.07, 6.45) is 0. The van der Waals surface area contributed by atoms with Gasteiger partial charge in [-0.2, -0.15) is 0 Å². The second kappa shape index (κ2) is 8.99. The van der Waals surface area contributed by atoms with Crippen molar-refractivity contribution in [3.8, 4) is 5.75 Å². The van der Waals surface area contributed by atoms with Crippen molar-refractivity contribution in [1.82, 2.24) is 4.90 Å². The quantitative estimate of drug-likeness (QED) is 0.330. The van der Waals surface area contributed by atoms with Gasteiger partial charge in [-0.1, -0.05) is 90.5 Å². The van der Waals surface area contributed by atoms with E-state index in [0.717, 1.165) is 18.8 Å². The second-order valence-electron chi connectivity index (χ2n) is 8.77. The number of hydrogen-bond donors (Lipinski definition) is 0. The SMILES string of the molecule is COc1cccc(C2=C(c3ccccc3C)N(Cc3ccccc3)Cc3ccc(C)cc32)c1. The van der Waals surface area contributed by atoms with E-state index in [2.05, 4.69) is 110 Å². The van der Waals surface area contributed by atoms with Gasteiger partial charge in [0.2, 0.25) is 0 Å². The number of rotatable bonds is 5. The van der Waals surface area contributed by atoms with Crippen molar-refractivity contribution >= 4 is 11.3 Å². The molecule has 0 bridgehead atoms. The topological polar surface area (TPSA) is 12.5 Å². The highest BCUT2D eigenvalue weighted by Gasteiger charge is 2.28. The lowest BCUT2D eigenvalue weighted by Crippen LogP contribution is -2.27. The summed E-state index contributed by atoms with van der Waals surface area (Å²) in [4.78, 5) is 2.53. The van der Waals surface area contributed by atoms with Crippen LogP contribution in [0, 0.1) is 13.8 Å². The lowest BCUT2D eigenvalue weighted by atomic mass is 9.84. The summed E-state index contributed by atoms with van der Waals surface area (Å²) >= 11 is 0. The predicted octanol–water partition coefficient (Wildman–Crippen LogP) is 7.24. The molecule has 0 atom stereocenters. The van der Waals surface area contributed by atoms with Crippen molar-refractivity contribution in [3.63, 3.8) is 0 Å². The average molecular weight is 432 g/mol. The molecule has 0 amide bonds. The van der Waals surface area contributed by atoms with Gasteiger partial charge in [0.05, 0.1) is 12.8 Å². The first-order valence-electron chi connectivity index (χ1n) is 11.5. The molecular formula is C31H29NO. The summed E-state index contributed by atoms with van der Waals surface area (Å²) < 4.78 is 5.61. The van der Waals surface area contributed by atoms with Gasteiger partial charge in [0, 0.05) is 24.2 Å². The van der Waals surface area contributed by atoms with Crippen molar-refractivity contribution in [2.24, 2.45) is 0 Å². The fourth-order valence-corrected chi connectivity index (χ4v) is 4.78. The third-order valence-electron chi connectivity index (χ3n) is 6.42. The Bertz CT molecular complexity index is 1320. The maximum atomic E-state index is 5.61. The van der Waals surface area contributed by atoms with E-state index in [-0.39, 0.29) is 0 Å². The van der Waals surface area contributed by atoms with Gasteiger partial charge in [0.1, 0.15) is 5.75 Å². The molecule has 4 aromatic carbocycles. The minimum atomic E-state index is 0.852. The molecule has 0 aromatic heterocycles. The number of benzene rings is 4. The van der Waals surface area contributed by atoms with E-state index >= 15 is 0 Å². The first-order chi connectivity index (χ1) is 16.1. The van der Waals surface area contributed by atoms with Crippen molar-refractivity contribution in [2.45, 2.75) is 26.9 Å². The van der Waals surface area contributed by atoms with Crippen LogP contribution in [0.3, 0.4) is 0 Å². The zero-order chi connectivity index (χ0) is 22.8. The molecule has 0 radical (unpaired) electrons. The molecule has 164 valence electrons. The van der Waals surface area contributed by atoms with Crippen LogP contribution in [0.25, 0.3) is 11.3 Å². The van der Waals surface area contributed by atoms with Crippen molar-refractivity contribution in [3.05, 3.63) is 136 Å². The molecule has 1 aliphatic heterocycles. The van der Waals surface area contributed by atoms with Gasteiger partial charge in [0.15, 0.2) is 0 Å². The number of hydrogen-bond acceptors (Lipinski definition) is 2. The van der Waals surface area contributed by atoms with E-state index in [0.29, 0.717) is 0 Å². The van der Waals surface area contributed by atoms with Crippen LogP contribution in [0.15, 0.2) is 97.1 Å². The Morgan fingerprint density at radius 3 is 2.33 bits per heavy atom. The number of methoxy groups -OCH3 is 1. The van der Waals surface area contributed by atoms with Gasteiger partial charge in [-0.25, -0.2) is 0 Å². The molecule has 0 N–H and O–H groups in total. The highest BCUT2D eigenvalue weighted by atomic mass is 16.5. The highest BCUT2D eigenvalue weighted by Crippen LogP contribution is 2.43. The van der Waals surface area contributed by atoms with E-state index in [1.807, 2.05) is 6.07 Å². The van der Waals surface area contributed by atoms with E-state index in [4.69, 9.17) is 4.74 Å². The summed E-state index contributed by atoms with van der Waals surface area (Å²) in [5.74, 6) is 0.874. The first-order valence-corrected chi connectivity index (χ1v) is 11.5. The maximum Gasteiger partial charge on any atom is 0.119 e. The van der Waals surface area contributed by atoms with Crippen LogP contribution < -0.4 is 4.74 Å². The van der Waals surface area contributed by atoms with Gasteiger partial charge in [-0.15, -0.1) is 0 Å². The number of aryl methyl sites for hydroxylation is 2. The molecule has 0 unspecified atom stereocenters. The van der Waals surface area contributed by atoms with Crippen LogP contribution in [0.1, 0.15) is 38.9 Å². The summed E-state index contributed by atoms with van der Waals surface area (Å²) in [5, 5.41) is 0. The van der Waals surface area contributed by atoms with E-state index in [1.165, 1.54) is 50.2 Å². The lowest BCUT2D eigenvalue weighted by Gasteiger charge is -2.37. The Labute approximate surface area is 196 Å². The van der Waals surface area contributed by atoms with E-state index in [1.54, 1.807) is 7.11 Å². The minimum absolute atomic E-state index is 0.852. The standard InChI is InChI=1S/C31H29NO/c1-22-16-17-26-21-32(20-24-11-5-4-6-12-24)31(28-15-8-7-10-23(28)2)30(29(26)18-22)25-13-9-14-27(19-25)33-3/h4-19H,20-21H2,1-3H3. The summed E-state index contributed by atoms with van der Waals surface area (Å²) in [6, 6.07) is 34.8. The predicted molar refractivity (Wildman–Crippen MR) is 137 cm³/mol. The van der Waals surface area contributed by atoms with Gasteiger partial charge < -0.3 is 9.64 Å². The molecule has 33 heavy (non-hydrogen) atoms. The average Bonchev–Trinajstić information content (AvgIpc) is 2.84. The van der Waals surface area contributed by atoms with Crippen LogP contribution >= 0.6 is 0 Å². The minimum Gasteiger partial charge on any atom is -0.497 e. The monoisotopic (exact) mass is 431 g/mol. The van der Waals surface area contributed by atoms with Crippen molar-refractivity contribution < 1.29 is 4.74 Å². The van der Waals surface area contributed by atoms with E-state index < -0.39 is 0 Å². The second-order valence-corrected chi connectivity index (χ2v) is 8.77. The van der Waals surface area contributed by atoms with Gasteiger partial charge in [-0.3, -0.25) is 0 Å². The Balaban J connectivity index is 1.81. The molecule has 2 nitrogen and oxygen atoms in total. The Morgan fingerprint density at radius 1 is 0.758 bits per heavy atom. The number of fused-ring (bicyclic) bond motifs is 1. The molecule has 4 aromatic rings. The summed E-state index contributed by atoms with van der Waals surface area (Å²) in [6.45, 7) is 6.11. The third kappa shape index (κ3) is 4.17. The van der Waals surface area contributed by atoms with Crippen molar-refractivity contribution in [1.29, 1.82) is 0 Å². The molecule has 0 saturated carbocycles. The van der Waals surface area contributed by atoms with Crippen molar-refractivity contribution in [2.75, 3.05) is 7.11 Å². The molecule has 5 rings (SSSR count). The molecule has 0 spiro atoms. The van der Waals surface area contributed by atoms with Gasteiger partial charge >= 0.3 is 0 Å². The van der Waals surface area contributed by atoms with E-state index in [9.17, 15) is 0 Å². The molecule has 1 aliphatic rings. The molecule has 1 heterocycles.